The maximum atomic E-state index is 13.5. The van der Waals surface area contributed by atoms with Crippen LogP contribution in [0.5, 0.6) is 0 Å². The van der Waals surface area contributed by atoms with E-state index in [0.717, 1.165) is 5.56 Å². The Morgan fingerprint density at radius 3 is 2.20 bits per heavy atom. The summed E-state index contributed by atoms with van der Waals surface area (Å²) in [7, 11) is 1.40. The second kappa shape index (κ2) is 4.66. The van der Waals surface area contributed by atoms with Crippen LogP contribution in [0.15, 0.2) is 12.1 Å². The smallest absolute Gasteiger partial charge is 0.257 e. The highest BCUT2D eigenvalue weighted by atomic mass is 19.3. The van der Waals surface area contributed by atoms with E-state index in [4.69, 9.17) is 0 Å². The molecule has 0 fully saturated rings. The third-order valence-electron chi connectivity index (χ3n) is 2.35. The van der Waals surface area contributed by atoms with Crippen molar-refractivity contribution in [3.05, 3.63) is 34.6 Å². The number of aryl methyl sites for hydroxylation is 2. The van der Waals surface area contributed by atoms with Gasteiger partial charge >= 0.3 is 0 Å². The lowest BCUT2D eigenvalue weighted by atomic mass is 9.99. The molecule has 1 nitrogen and oxygen atoms in total. The fraction of sp³-hybridized carbons (Fsp3) is 0.455. The molecule has 15 heavy (non-hydrogen) atoms. The lowest BCUT2D eigenvalue weighted by Crippen LogP contribution is -2.25. The number of hydrogen-bond donors (Lipinski definition) is 1. The predicted molar refractivity (Wildman–Crippen MR) is 53.7 cm³/mol. The largest absolute Gasteiger partial charge is 0.308 e. The van der Waals surface area contributed by atoms with Gasteiger partial charge in [-0.2, -0.15) is 0 Å². The van der Waals surface area contributed by atoms with Gasteiger partial charge in [0.25, 0.3) is 6.43 Å². The summed E-state index contributed by atoms with van der Waals surface area (Å²) in [6, 6.07) is 1.73. The van der Waals surface area contributed by atoms with Gasteiger partial charge in [0, 0.05) is 5.56 Å². The summed E-state index contributed by atoms with van der Waals surface area (Å²) >= 11 is 0. The van der Waals surface area contributed by atoms with Crippen LogP contribution in [0.4, 0.5) is 13.2 Å². The summed E-state index contributed by atoms with van der Waals surface area (Å²) in [4.78, 5) is 0. The SMILES string of the molecule is CNC(c1c(C)cc(C)cc1F)C(F)F. The predicted octanol–water partition coefficient (Wildman–Crippen LogP) is 2.97. The first-order chi connectivity index (χ1) is 6.97. The Morgan fingerprint density at radius 1 is 1.20 bits per heavy atom. The topological polar surface area (TPSA) is 12.0 Å². The Labute approximate surface area is 87.3 Å². The molecule has 0 aromatic heterocycles. The van der Waals surface area contributed by atoms with E-state index < -0.39 is 18.3 Å². The van der Waals surface area contributed by atoms with Gasteiger partial charge in [-0.1, -0.05) is 6.07 Å². The van der Waals surface area contributed by atoms with E-state index in [1.54, 1.807) is 19.9 Å². The molecule has 1 aromatic carbocycles. The van der Waals surface area contributed by atoms with Crippen LogP contribution in [-0.2, 0) is 0 Å². The minimum absolute atomic E-state index is 0.0538. The van der Waals surface area contributed by atoms with Crippen molar-refractivity contribution < 1.29 is 13.2 Å². The second-order valence-electron chi connectivity index (χ2n) is 3.58. The van der Waals surface area contributed by atoms with Gasteiger partial charge in [-0.15, -0.1) is 0 Å². The van der Waals surface area contributed by atoms with E-state index >= 15 is 0 Å². The molecule has 1 rings (SSSR count). The van der Waals surface area contributed by atoms with Gasteiger partial charge in [-0.3, -0.25) is 0 Å². The Hall–Kier alpha value is -1.03. The number of nitrogens with one attached hydrogen (secondary N) is 1. The molecule has 0 saturated carbocycles. The zero-order valence-electron chi connectivity index (χ0n) is 8.94. The van der Waals surface area contributed by atoms with Gasteiger partial charge in [-0.25, -0.2) is 13.2 Å². The zero-order chi connectivity index (χ0) is 11.6. The van der Waals surface area contributed by atoms with E-state index in [1.165, 1.54) is 13.1 Å². The standard InChI is InChI=1S/C11H14F3N/c1-6-4-7(2)9(8(12)5-6)10(15-3)11(13)14/h4-5,10-11,15H,1-3H3. The lowest BCUT2D eigenvalue weighted by molar-refractivity contribution is 0.100. The fourth-order valence-electron chi connectivity index (χ4n) is 1.72. The third-order valence-corrected chi connectivity index (χ3v) is 2.35. The molecule has 0 aliphatic carbocycles. The highest BCUT2D eigenvalue weighted by Gasteiger charge is 2.25. The molecular weight excluding hydrogens is 203 g/mol. The third kappa shape index (κ3) is 2.50. The molecule has 1 unspecified atom stereocenters. The number of benzene rings is 1. The quantitative estimate of drug-likeness (QED) is 0.820. The molecule has 0 aliphatic heterocycles. The molecule has 0 bridgehead atoms. The van der Waals surface area contributed by atoms with E-state index in [0.29, 0.717) is 5.56 Å². The van der Waals surface area contributed by atoms with Crippen LogP contribution >= 0.6 is 0 Å². The van der Waals surface area contributed by atoms with Gasteiger partial charge < -0.3 is 5.32 Å². The normalized spacial score (nSPS) is 13.3. The molecular formula is C11H14F3N. The zero-order valence-corrected chi connectivity index (χ0v) is 8.94. The Bertz CT molecular complexity index is 327. The average molecular weight is 217 g/mol. The van der Waals surface area contributed by atoms with Crippen molar-refractivity contribution in [3.63, 3.8) is 0 Å². The lowest BCUT2D eigenvalue weighted by Gasteiger charge is -2.19. The van der Waals surface area contributed by atoms with Crippen LogP contribution in [0.2, 0.25) is 0 Å². The van der Waals surface area contributed by atoms with Crippen LogP contribution in [0.1, 0.15) is 22.7 Å². The van der Waals surface area contributed by atoms with Crippen molar-refractivity contribution in [1.82, 2.24) is 5.32 Å². The van der Waals surface area contributed by atoms with E-state index in [1.807, 2.05) is 0 Å². The summed E-state index contributed by atoms with van der Waals surface area (Å²) in [6.07, 6.45) is -2.62. The van der Waals surface area contributed by atoms with Crippen molar-refractivity contribution >= 4 is 0 Å². The summed E-state index contributed by atoms with van der Waals surface area (Å²) in [5.41, 5.74) is 1.34. The first-order valence-electron chi connectivity index (χ1n) is 4.69. The summed E-state index contributed by atoms with van der Waals surface area (Å²) < 4.78 is 38.8. The van der Waals surface area contributed by atoms with Gasteiger partial charge in [-0.05, 0) is 38.1 Å². The van der Waals surface area contributed by atoms with Crippen LogP contribution in [0.3, 0.4) is 0 Å². The molecule has 1 atom stereocenters. The highest BCUT2D eigenvalue weighted by Crippen LogP contribution is 2.27. The molecule has 84 valence electrons. The van der Waals surface area contributed by atoms with Gasteiger partial charge in [0.15, 0.2) is 0 Å². The van der Waals surface area contributed by atoms with Gasteiger partial charge in [0.05, 0.1) is 6.04 Å². The van der Waals surface area contributed by atoms with Crippen molar-refractivity contribution in [2.45, 2.75) is 26.3 Å². The minimum atomic E-state index is -2.62. The van der Waals surface area contributed by atoms with E-state index in [2.05, 4.69) is 5.32 Å². The van der Waals surface area contributed by atoms with E-state index in [-0.39, 0.29) is 5.56 Å². The number of rotatable bonds is 3. The molecule has 4 heteroatoms. The van der Waals surface area contributed by atoms with Gasteiger partial charge in [0.2, 0.25) is 0 Å². The number of halogens is 3. The first-order valence-corrected chi connectivity index (χ1v) is 4.69. The average Bonchev–Trinajstić information content (AvgIpc) is 2.09. The van der Waals surface area contributed by atoms with Gasteiger partial charge in [0.1, 0.15) is 5.82 Å². The molecule has 0 aliphatic rings. The molecule has 0 saturated heterocycles. The summed E-state index contributed by atoms with van der Waals surface area (Å²) in [5, 5.41) is 2.43. The number of alkyl halides is 2. The maximum Gasteiger partial charge on any atom is 0.257 e. The van der Waals surface area contributed by atoms with Crippen molar-refractivity contribution in [3.8, 4) is 0 Å². The maximum absolute atomic E-state index is 13.5. The van der Waals surface area contributed by atoms with Crippen molar-refractivity contribution in [1.29, 1.82) is 0 Å². The fourth-order valence-corrected chi connectivity index (χ4v) is 1.72. The van der Waals surface area contributed by atoms with E-state index in [9.17, 15) is 13.2 Å². The molecule has 1 N–H and O–H groups in total. The molecule has 0 heterocycles. The summed E-state index contributed by atoms with van der Waals surface area (Å²) in [6.45, 7) is 3.37. The van der Waals surface area contributed by atoms with Crippen molar-refractivity contribution in [2.75, 3.05) is 7.05 Å². The monoisotopic (exact) mass is 217 g/mol. The Kier molecular flexibility index (Phi) is 3.74. The molecule has 1 aromatic rings. The molecule has 0 radical (unpaired) electrons. The molecule has 0 amide bonds. The van der Waals surface area contributed by atoms with Crippen LogP contribution in [0, 0.1) is 19.7 Å². The van der Waals surface area contributed by atoms with Crippen molar-refractivity contribution in [2.24, 2.45) is 0 Å². The minimum Gasteiger partial charge on any atom is -0.308 e. The Balaban J connectivity index is 3.23. The Morgan fingerprint density at radius 2 is 1.80 bits per heavy atom. The second-order valence-corrected chi connectivity index (χ2v) is 3.58. The van der Waals surface area contributed by atoms with Crippen LogP contribution in [-0.4, -0.2) is 13.5 Å². The summed E-state index contributed by atoms with van der Waals surface area (Å²) in [5.74, 6) is -0.577. The number of hydrogen-bond acceptors (Lipinski definition) is 1. The first kappa shape index (κ1) is 12.0. The highest BCUT2D eigenvalue weighted by molar-refractivity contribution is 5.34. The van der Waals surface area contributed by atoms with Crippen LogP contribution < -0.4 is 5.32 Å². The van der Waals surface area contributed by atoms with Crippen LogP contribution in [0.25, 0.3) is 0 Å². The molecule has 0 spiro atoms.